The van der Waals surface area contributed by atoms with Crippen LogP contribution in [0.5, 0.6) is 46.0 Å². The van der Waals surface area contributed by atoms with Crippen molar-refractivity contribution in [2.24, 2.45) is 0 Å². The zero-order chi connectivity index (χ0) is 33.1. The van der Waals surface area contributed by atoms with Gasteiger partial charge in [0.2, 0.25) is 5.75 Å². The van der Waals surface area contributed by atoms with Gasteiger partial charge in [0, 0.05) is 42.4 Å². The van der Waals surface area contributed by atoms with Crippen LogP contribution in [-0.2, 0) is 25.7 Å². The quantitative estimate of drug-likeness (QED) is 0.247. The fraction of sp³-hybridized carbons (Fsp3) is 0.385. The summed E-state index contributed by atoms with van der Waals surface area (Å²) in [7, 11) is 14.1. The lowest BCUT2D eigenvalue weighted by Crippen LogP contribution is -3.00. The van der Waals surface area contributed by atoms with E-state index in [4.69, 9.17) is 23.7 Å². The van der Waals surface area contributed by atoms with Crippen molar-refractivity contribution in [3.05, 3.63) is 94.0 Å². The Kier molecular flexibility index (Phi) is 10.9. The molecule has 49 heavy (non-hydrogen) atoms. The molecule has 10 bridgehead atoms. The monoisotopic (exact) mass is 892 g/mol. The van der Waals surface area contributed by atoms with Gasteiger partial charge < -0.3 is 85.7 Å². The van der Waals surface area contributed by atoms with Crippen LogP contribution in [0.15, 0.2) is 60.7 Å². The number of phenolic OH excluding ortho intramolecular Hbond substituents is 1. The lowest BCUT2D eigenvalue weighted by atomic mass is 9.86. The van der Waals surface area contributed by atoms with Crippen molar-refractivity contribution < 1.29 is 85.7 Å². The largest absolute Gasteiger partial charge is 1.00 e. The number of rotatable bonds is 3. The first kappa shape index (κ1) is 37.3. The minimum absolute atomic E-state index is 0. The summed E-state index contributed by atoms with van der Waals surface area (Å²) in [4.78, 5) is 0. The first-order valence-electron chi connectivity index (χ1n) is 16.4. The van der Waals surface area contributed by atoms with Gasteiger partial charge in [0.1, 0.15) is 17.8 Å². The SMILES string of the molecule is COc1ccc2cc1Oc1ccc(cc1)C[C@H]1c3cc(OC)c(O)c(c3CC[N+]1(C)C)Oc1cc3c(cc1OC)CC[N+](C)(C)[C@@H]3C2.[I-].[I-]. The van der Waals surface area contributed by atoms with E-state index < -0.39 is 0 Å². The number of quaternary nitrogens is 2. The molecule has 0 unspecified atom stereocenters. The van der Waals surface area contributed by atoms with E-state index in [1.807, 2.05) is 24.3 Å². The third kappa shape index (κ3) is 6.90. The number of aromatic hydroxyl groups is 1. The normalized spacial score (nSPS) is 19.7. The summed E-state index contributed by atoms with van der Waals surface area (Å²) in [5, 5.41) is 11.6. The minimum atomic E-state index is 0. The fourth-order valence-electron chi connectivity index (χ4n) is 7.78. The van der Waals surface area contributed by atoms with Crippen molar-refractivity contribution in [1.29, 1.82) is 0 Å². The Morgan fingerprint density at radius 2 is 1.22 bits per heavy atom. The molecular formula is C39H46I2N2O6. The molecule has 4 aromatic rings. The van der Waals surface area contributed by atoms with Crippen LogP contribution < -0.4 is 71.6 Å². The Hall–Kier alpha value is -2.94. The summed E-state index contributed by atoms with van der Waals surface area (Å²) in [5.74, 6) is 4.27. The number of hydrogen-bond acceptors (Lipinski definition) is 6. The number of phenols is 1. The molecule has 0 amide bonds. The molecule has 0 radical (unpaired) electrons. The van der Waals surface area contributed by atoms with Gasteiger partial charge in [-0.05, 0) is 59.2 Å². The van der Waals surface area contributed by atoms with Crippen molar-refractivity contribution in [3.8, 4) is 46.0 Å². The van der Waals surface area contributed by atoms with Crippen LogP contribution in [-0.4, -0.2) is 76.7 Å². The van der Waals surface area contributed by atoms with E-state index in [9.17, 15) is 5.11 Å². The van der Waals surface area contributed by atoms with E-state index in [0.717, 1.165) is 70.2 Å². The maximum atomic E-state index is 11.6. The summed E-state index contributed by atoms with van der Waals surface area (Å²) < 4.78 is 32.3. The van der Waals surface area contributed by atoms with Gasteiger partial charge in [0.25, 0.3) is 0 Å². The highest BCUT2D eigenvalue weighted by Crippen LogP contribution is 2.51. The third-order valence-corrected chi connectivity index (χ3v) is 10.8. The number of halogens is 2. The number of methoxy groups -OCH3 is 3. The third-order valence-electron chi connectivity index (χ3n) is 10.8. The molecule has 8 nitrogen and oxygen atoms in total. The van der Waals surface area contributed by atoms with E-state index in [2.05, 4.69) is 64.6 Å². The molecule has 0 spiro atoms. The number of hydrogen-bond donors (Lipinski definition) is 1. The Bertz CT molecular complexity index is 1840. The topological polar surface area (TPSA) is 66.4 Å². The van der Waals surface area contributed by atoms with Crippen LogP contribution in [0.25, 0.3) is 0 Å². The Morgan fingerprint density at radius 3 is 1.90 bits per heavy atom. The summed E-state index contributed by atoms with van der Waals surface area (Å²) in [5.41, 5.74) is 6.96. The van der Waals surface area contributed by atoms with E-state index in [0.29, 0.717) is 34.5 Å². The van der Waals surface area contributed by atoms with Gasteiger partial charge in [0.15, 0.2) is 34.5 Å². The van der Waals surface area contributed by atoms with Gasteiger partial charge >= 0.3 is 0 Å². The van der Waals surface area contributed by atoms with Gasteiger partial charge in [-0.1, -0.05) is 18.2 Å². The lowest BCUT2D eigenvalue weighted by molar-refractivity contribution is -0.923. The van der Waals surface area contributed by atoms with Crippen LogP contribution in [0.2, 0.25) is 0 Å². The molecule has 4 aromatic carbocycles. The second-order valence-corrected chi connectivity index (χ2v) is 14.3. The van der Waals surface area contributed by atoms with Gasteiger partial charge in [-0.3, -0.25) is 0 Å². The summed E-state index contributed by atoms with van der Waals surface area (Å²) in [6.45, 7) is 1.89. The molecule has 0 saturated heterocycles. The predicted octanol–water partition coefficient (Wildman–Crippen LogP) is 1.16. The van der Waals surface area contributed by atoms with Crippen molar-refractivity contribution in [2.45, 2.75) is 37.8 Å². The predicted molar refractivity (Wildman–Crippen MR) is 181 cm³/mol. The molecule has 4 aliphatic heterocycles. The molecule has 0 saturated carbocycles. The zero-order valence-electron chi connectivity index (χ0n) is 29.3. The zero-order valence-corrected chi connectivity index (χ0v) is 33.6. The number of likely N-dealkylation sites (N-methyl/N-ethyl adjacent to an activating group) is 2. The molecule has 1 N–H and O–H groups in total. The molecule has 4 aliphatic rings. The smallest absolute Gasteiger partial charge is 0.201 e. The minimum Gasteiger partial charge on any atom is -1.00 e. The summed E-state index contributed by atoms with van der Waals surface area (Å²) in [6, 6.07) is 21.1. The highest BCUT2D eigenvalue weighted by Gasteiger charge is 2.41. The average molecular weight is 893 g/mol. The van der Waals surface area contributed by atoms with Crippen molar-refractivity contribution in [3.63, 3.8) is 0 Å². The van der Waals surface area contributed by atoms with Crippen molar-refractivity contribution >= 4 is 0 Å². The Labute approximate surface area is 324 Å². The van der Waals surface area contributed by atoms with Crippen LogP contribution in [0.4, 0.5) is 0 Å². The van der Waals surface area contributed by atoms with E-state index in [-0.39, 0.29) is 65.8 Å². The van der Waals surface area contributed by atoms with Crippen LogP contribution >= 0.6 is 0 Å². The second-order valence-electron chi connectivity index (χ2n) is 14.3. The van der Waals surface area contributed by atoms with Gasteiger partial charge in [0.05, 0.1) is 62.6 Å². The first-order valence-corrected chi connectivity index (χ1v) is 16.4. The maximum Gasteiger partial charge on any atom is 0.201 e. The number of benzene rings is 4. The summed E-state index contributed by atoms with van der Waals surface area (Å²) >= 11 is 0. The second kappa shape index (κ2) is 14.4. The lowest BCUT2D eigenvalue weighted by Gasteiger charge is -2.43. The van der Waals surface area contributed by atoms with Crippen LogP contribution in [0.3, 0.4) is 0 Å². The van der Waals surface area contributed by atoms with Crippen molar-refractivity contribution in [1.82, 2.24) is 0 Å². The number of ether oxygens (including phenoxy) is 5. The molecular weight excluding hydrogens is 846 g/mol. The molecule has 262 valence electrons. The van der Waals surface area contributed by atoms with E-state index in [1.165, 1.54) is 16.7 Å². The molecule has 0 fully saturated rings. The standard InChI is InChI=1S/C39H45N2O6.2HI/c1-40(2)16-14-26-21-34(44-6)36-22-29(26)31(40)19-25-10-13-33(43-5)35(20-25)46-27-11-8-24(9-12-27)18-32-30-23-37(45-7)38(42)39(47-36)28(30)15-17-41(32,3)4;;/h8-13,20-23,31-32H,14-19H2,1-7H3;2*1H/q+1;;/p-1/t31-,32+;;/m1../s1. The average Bonchev–Trinajstić information content (AvgIpc) is 3.05. The van der Waals surface area contributed by atoms with Gasteiger partial charge in [-0.15, -0.1) is 0 Å². The molecule has 0 aromatic heterocycles. The van der Waals surface area contributed by atoms with Crippen LogP contribution in [0, 0.1) is 0 Å². The van der Waals surface area contributed by atoms with Crippen LogP contribution in [0.1, 0.15) is 45.5 Å². The first-order chi connectivity index (χ1) is 22.5. The highest BCUT2D eigenvalue weighted by atomic mass is 127. The van der Waals surface area contributed by atoms with E-state index in [1.54, 1.807) is 21.3 Å². The van der Waals surface area contributed by atoms with E-state index >= 15 is 0 Å². The van der Waals surface area contributed by atoms with Gasteiger partial charge in [-0.25, -0.2) is 0 Å². The number of nitrogens with zero attached hydrogens (tertiary/aromatic N) is 2. The molecule has 4 heterocycles. The molecule has 10 heteroatoms. The molecule has 8 rings (SSSR count). The highest BCUT2D eigenvalue weighted by molar-refractivity contribution is 5.62. The Balaban J connectivity index is 0.00000234. The maximum absolute atomic E-state index is 11.6. The van der Waals surface area contributed by atoms with Gasteiger partial charge in [-0.2, -0.15) is 0 Å². The fourth-order valence-corrected chi connectivity index (χ4v) is 7.78. The summed E-state index contributed by atoms with van der Waals surface area (Å²) in [6.07, 6.45) is 3.27. The Morgan fingerprint density at radius 1 is 0.633 bits per heavy atom. The van der Waals surface area contributed by atoms with Crippen molar-refractivity contribution in [2.75, 3.05) is 62.6 Å². The molecule has 2 atom stereocenters. The number of fused-ring (bicyclic) bond motifs is 2. The molecule has 0 aliphatic carbocycles.